The lowest BCUT2D eigenvalue weighted by atomic mass is 9.99. The third-order valence-corrected chi connectivity index (χ3v) is 7.54. The molecule has 0 unspecified atom stereocenters. The Bertz CT molecular complexity index is 1660. The van der Waals surface area contributed by atoms with Crippen molar-refractivity contribution in [2.45, 2.75) is 6.92 Å². The number of benzene rings is 4. The van der Waals surface area contributed by atoms with Crippen LogP contribution in [0.2, 0.25) is 5.02 Å². The van der Waals surface area contributed by atoms with Crippen molar-refractivity contribution in [1.82, 2.24) is 0 Å². The van der Waals surface area contributed by atoms with E-state index in [1.165, 1.54) is 11.3 Å². The lowest BCUT2D eigenvalue weighted by molar-refractivity contribution is 0.102. The number of amides is 2. The first-order valence-corrected chi connectivity index (χ1v) is 12.7. The zero-order valence-electron chi connectivity index (χ0n) is 19.7. The van der Waals surface area contributed by atoms with Gasteiger partial charge in [0.2, 0.25) is 0 Å². The maximum Gasteiger partial charge on any atom is 0.267 e. The number of hydrogen-bond acceptors (Lipinski definition) is 4. The van der Waals surface area contributed by atoms with Crippen LogP contribution in [0.3, 0.4) is 0 Å². The van der Waals surface area contributed by atoms with E-state index in [9.17, 15) is 14.4 Å². The number of fused-ring (bicyclic) bond motifs is 1. The van der Waals surface area contributed by atoms with Gasteiger partial charge in [0.25, 0.3) is 11.8 Å². The summed E-state index contributed by atoms with van der Waals surface area (Å²) in [5.74, 6) is -1.05. The molecule has 5 aromatic rings. The molecule has 0 saturated heterocycles. The Morgan fingerprint density at radius 2 is 1.35 bits per heavy atom. The van der Waals surface area contributed by atoms with Crippen molar-refractivity contribution in [2.24, 2.45) is 0 Å². The maximum absolute atomic E-state index is 13.4. The highest BCUT2D eigenvalue weighted by Crippen LogP contribution is 2.35. The number of para-hydroxylation sites is 1. The largest absolute Gasteiger partial charge is 0.321 e. The predicted octanol–water partition coefficient (Wildman–Crippen LogP) is 7.60. The molecule has 0 bridgehead atoms. The molecule has 1 heterocycles. The first-order valence-electron chi connectivity index (χ1n) is 11.5. The summed E-state index contributed by atoms with van der Waals surface area (Å²) in [6.45, 7) is 1.89. The molecule has 37 heavy (non-hydrogen) atoms. The number of carbonyl (C=O) groups excluding carboxylic acids is 3. The first kappa shape index (κ1) is 24.4. The van der Waals surface area contributed by atoms with E-state index < -0.39 is 11.8 Å². The third kappa shape index (κ3) is 5.03. The molecule has 0 spiro atoms. The van der Waals surface area contributed by atoms with Crippen LogP contribution in [-0.2, 0) is 0 Å². The van der Waals surface area contributed by atoms with Gasteiger partial charge in [-0.2, -0.15) is 0 Å². The van der Waals surface area contributed by atoms with E-state index in [0.717, 1.165) is 15.6 Å². The molecule has 4 aromatic carbocycles. The van der Waals surface area contributed by atoms with Gasteiger partial charge in [-0.25, -0.2) is 0 Å². The molecular formula is C30H21ClN2O3S. The number of nitrogens with one attached hydrogen (secondary N) is 2. The minimum Gasteiger partial charge on any atom is -0.321 e. The monoisotopic (exact) mass is 524 g/mol. The zero-order chi connectivity index (χ0) is 25.9. The third-order valence-electron chi connectivity index (χ3n) is 5.86. The molecule has 0 aliphatic rings. The Labute approximate surface area is 222 Å². The lowest BCUT2D eigenvalue weighted by Gasteiger charge is -2.14. The van der Waals surface area contributed by atoms with E-state index in [2.05, 4.69) is 10.6 Å². The molecule has 0 atom stereocenters. The molecule has 1 aromatic heterocycles. The fourth-order valence-corrected chi connectivity index (χ4v) is 5.43. The van der Waals surface area contributed by atoms with Crippen LogP contribution >= 0.6 is 22.9 Å². The van der Waals surface area contributed by atoms with Crippen LogP contribution in [0.5, 0.6) is 0 Å². The molecule has 2 amide bonds. The number of thiophene rings is 1. The Balaban J connectivity index is 1.42. The zero-order valence-corrected chi connectivity index (χ0v) is 21.3. The van der Waals surface area contributed by atoms with Gasteiger partial charge in [0.1, 0.15) is 4.88 Å². The van der Waals surface area contributed by atoms with E-state index >= 15 is 0 Å². The van der Waals surface area contributed by atoms with Gasteiger partial charge >= 0.3 is 0 Å². The van der Waals surface area contributed by atoms with Crippen molar-refractivity contribution in [2.75, 3.05) is 10.6 Å². The van der Waals surface area contributed by atoms with Crippen molar-refractivity contribution in [1.29, 1.82) is 0 Å². The number of rotatable bonds is 6. The van der Waals surface area contributed by atoms with Crippen molar-refractivity contribution in [3.8, 4) is 0 Å². The molecule has 0 aliphatic heterocycles. The molecule has 182 valence electrons. The summed E-state index contributed by atoms with van der Waals surface area (Å²) < 4.78 is 0.902. The fourth-order valence-electron chi connectivity index (χ4n) is 4.02. The molecular weight excluding hydrogens is 504 g/mol. The highest BCUT2D eigenvalue weighted by molar-refractivity contribution is 7.21. The molecule has 0 saturated carbocycles. The summed E-state index contributed by atoms with van der Waals surface area (Å²) in [6, 6.07) is 28.4. The van der Waals surface area contributed by atoms with E-state index in [1.807, 2.05) is 43.3 Å². The van der Waals surface area contributed by atoms with Crippen molar-refractivity contribution in [3.63, 3.8) is 0 Å². The number of hydrogen-bond donors (Lipinski definition) is 2. The Hall–Kier alpha value is -4.26. The van der Waals surface area contributed by atoms with Crippen molar-refractivity contribution in [3.05, 3.63) is 129 Å². The fraction of sp³-hybridized carbons (Fsp3) is 0.0333. The van der Waals surface area contributed by atoms with Crippen LogP contribution < -0.4 is 10.6 Å². The van der Waals surface area contributed by atoms with Gasteiger partial charge in [0.15, 0.2) is 5.78 Å². The number of halogens is 1. The van der Waals surface area contributed by atoms with Gasteiger partial charge in [0.05, 0.1) is 22.0 Å². The lowest BCUT2D eigenvalue weighted by Crippen LogP contribution is -2.19. The van der Waals surface area contributed by atoms with E-state index in [4.69, 9.17) is 11.6 Å². The van der Waals surface area contributed by atoms with E-state index in [0.29, 0.717) is 32.4 Å². The Morgan fingerprint density at radius 1 is 0.703 bits per heavy atom. The van der Waals surface area contributed by atoms with Crippen LogP contribution in [0, 0.1) is 6.92 Å². The SMILES string of the molecule is Cc1ccc(NC(=O)c2ccccc2NC(=O)c2sc3ccccc3c2Cl)c(C(=O)c2ccccc2)c1. The maximum atomic E-state index is 13.4. The number of anilines is 2. The average molecular weight is 525 g/mol. The second kappa shape index (κ2) is 10.4. The second-order valence-corrected chi connectivity index (χ2v) is 9.87. The molecule has 0 radical (unpaired) electrons. The van der Waals surface area contributed by atoms with Gasteiger partial charge in [-0.05, 0) is 37.3 Å². The Morgan fingerprint density at radius 3 is 2.14 bits per heavy atom. The molecule has 0 aliphatic carbocycles. The van der Waals surface area contributed by atoms with E-state index in [-0.39, 0.29) is 11.3 Å². The smallest absolute Gasteiger partial charge is 0.267 e. The number of ketones is 1. The summed E-state index contributed by atoms with van der Waals surface area (Å²) >= 11 is 7.77. The van der Waals surface area contributed by atoms with Crippen LogP contribution in [0.25, 0.3) is 10.1 Å². The van der Waals surface area contributed by atoms with Gasteiger partial charge in [0, 0.05) is 21.2 Å². The molecule has 7 heteroatoms. The molecule has 2 N–H and O–H groups in total. The van der Waals surface area contributed by atoms with Crippen LogP contribution in [0.1, 0.15) is 41.5 Å². The molecule has 5 rings (SSSR count). The predicted molar refractivity (Wildman–Crippen MR) is 150 cm³/mol. The summed E-state index contributed by atoms with van der Waals surface area (Å²) in [7, 11) is 0. The highest BCUT2D eigenvalue weighted by Gasteiger charge is 2.21. The van der Waals surface area contributed by atoms with Crippen LogP contribution in [-0.4, -0.2) is 17.6 Å². The number of aryl methyl sites for hydroxylation is 1. The van der Waals surface area contributed by atoms with E-state index in [1.54, 1.807) is 60.7 Å². The van der Waals surface area contributed by atoms with Gasteiger partial charge in [-0.15, -0.1) is 11.3 Å². The van der Waals surface area contributed by atoms with Gasteiger partial charge in [-0.1, -0.05) is 83.9 Å². The molecule has 0 fully saturated rings. The Kier molecular flexibility index (Phi) is 6.86. The quantitative estimate of drug-likeness (QED) is 0.224. The van der Waals surface area contributed by atoms with Gasteiger partial charge < -0.3 is 10.6 Å². The summed E-state index contributed by atoms with van der Waals surface area (Å²) in [4.78, 5) is 40.0. The minimum atomic E-state index is -0.454. The normalized spacial score (nSPS) is 10.8. The second-order valence-electron chi connectivity index (χ2n) is 8.44. The van der Waals surface area contributed by atoms with Crippen LogP contribution in [0.15, 0.2) is 97.1 Å². The van der Waals surface area contributed by atoms with Crippen molar-refractivity contribution >= 4 is 62.0 Å². The summed E-state index contributed by atoms with van der Waals surface area (Å²) in [5, 5.41) is 6.87. The first-order chi connectivity index (χ1) is 17.9. The van der Waals surface area contributed by atoms with Gasteiger partial charge in [-0.3, -0.25) is 14.4 Å². The summed E-state index contributed by atoms with van der Waals surface area (Å²) in [6.07, 6.45) is 0. The average Bonchev–Trinajstić information content (AvgIpc) is 3.26. The van der Waals surface area contributed by atoms with Crippen LogP contribution in [0.4, 0.5) is 11.4 Å². The number of carbonyl (C=O) groups is 3. The standard InChI is InChI=1S/C30H21ClN2O3S/c1-18-15-16-24(22(17-18)27(34)19-9-3-2-4-10-19)32-29(35)20-11-5-7-13-23(20)33-30(36)28-26(31)21-12-6-8-14-25(21)37-28/h2-17H,1H3,(H,32,35)(H,33,36). The summed E-state index contributed by atoms with van der Waals surface area (Å²) in [5.41, 5.74) is 2.78. The minimum absolute atomic E-state index is 0.194. The van der Waals surface area contributed by atoms with Crippen molar-refractivity contribution < 1.29 is 14.4 Å². The highest BCUT2D eigenvalue weighted by atomic mass is 35.5. The molecule has 5 nitrogen and oxygen atoms in total. The topological polar surface area (TPSA) is 75.3 Å².